The number of nitrogens with one attached hydrogen (secondary N) is 1. The van der Waals surface area contributed by atoms with Gasteiger partial charge >= 0.3 is 5.97 Å². The Bertz CT molecular complexity index is 613. The Hall–Kier alpha value is -2.57. The lowest BCUT2D eigenvalue weighted by Gasteiger charge is -2.19. The van der Waals surface area contributed by atoms with Crippen LogP contribution in [0, 0.1) is 0 Å². The summed E-state index contributed by atoms with van der Waals surface area (Å²) >= 11 is 0. The molecule has 1 aromatic rings. The molecule has 0 spiro atoms. The summed E-state index contributed by atoms with van der Waals surface area (Å²) in [7, 11) is 5.59. The van der Waals surface area contributed by atoms with E-state index >= 15 is 0 Å². The second-order valence-corrected chi connectivity index (χ2v) is 6.08. The standard InChI is InChI=1S/C17H23N3O4/c1-19(2)13-6-4-12(5-7-13)10-20(3)16(22)11-24-17(23)14-8-9-15(21)18-14/h4-7,14H,8-11H2,1-3H3,(H,18,21)/t14-/m1/s1. The molecular weight excluding hydrogens is 310 g/mol. The third-order valence-electron chi connectivity index (χ3n) is 3.92. The second kappa shape index (κ2) is 7.81. The molecule has 2 amide bonds. The number of benzene rings is 1. The molecule has 2 rings (SSSR count). The summed E-state index contributed by atoms with van der Waals surface area (Å²) in [5.74, 6) is -1.01. The van der Waals surface area contributed by atoms with E-state index < -0.39 is 12.0 Å². The number of esters is 1. The summed E-state index contributed by atoms with van der Waals surface area (Å²) in [6, 6.07) is 7.25. The van der Waals surface area contributed by atoms with Gasteiger partial charge in [-0.1, -0.05) is 12.1 Å². The Kier molecular flexibility index (Phi) is 5.78. The molecule has 1 aliphatic heterocycles. The van der Waals surface area contributed by atoms with Crippen LogP contribution in [0.15, 0.2) is 24.3 Å². The molecule has 1 aliphatic rings. The maximum absolute atomic E-state index is 12.1. The van der Waals surface area contributed by atoms with Crippen LogP contribution in [-0.2, 0) is 25.7 Å². The van der Waals surface area contributed by atoms with Gasteiger partial charge in [0.2, 0.25) is 5.91 Å². The molecule has 1 heterocycles. The maximum atomic E-state index is 12.1. The molecule has 130 valence electrons. The third-order valence-corrected chi connectivity index (χ3v) is 3.92. The molecule has 1 N–H and O–H groups in total. The van der Waals surface area contributed by atoms with Gasteiger partial charge in [-0.15, -0.1) is 0 Å². The molecule has 0 radical (unpaired) electrons. The van der Waals surface area contributed by atoms with Crippen LogP contribution in [0.4, 0.5) is 5.69 Å². The number of amides is 2. The first-order chi connectivity index (χ1) is 11.4. The van der Waals surface area contributed by atoms with E-state index in [2.05, 4.69) is 5.32 Å². The van der Waals surface area contributed by atoms with Crippen molar-refractivity contribution < 1.29 is 19.1 Å². The Morgan fingerprint density at radius 1 is 1.21 bits per heavy atom. The van der Waals surface area contributed by atoms with Crippen LogP contribution in [0.1, 0.15) is 18.4 Å². The van der Waals surface area contributed by atoms with Crippen molar-refractivity contribution in [2.45, 2.75) is 25.4 Å². The Balaban J connectivity index is 1.79. The van der Waals surface area contributed by atoms with Crippen molar-refractivity contribution in [2.24, 2.45) is 0 Å². The third kappa shape index (κ3) is 4.71. The summed E-state index contributed by atoms with van der Waals surface area (Å²) in [5.41, 5.74) is 2.08. The van der Waals surface area contributed by atoms with Gasteiger partial charge in [0.25, 0.3) is 5.91 Å². The molecule has 7 nitrogen and oxygen atoms in total. The Morgan fingerprint density at radius 2 is 1.88 bits per heavy atom. The zero-order valence-corrected chi connectivity index (χ0v) is 14.2. The minimum absolute atomic E-state index is 0.165. The highest BCUT2D eigenvalue weighted by Gasteiger charge is 2.29. The van der Waals surface area contributed by atoms with Crippen LogP contribution in [0.3, 0.4) is 0 Å². The fourth-order valence-corrected chi connectivity index (χ4v) is 2.40. The zero-order chi connectivity index (χ0) is 17.7. The average Bonchev–Trinajstić information content (AvgIpc) is 2.99. The van der Waals surface area contributed by atoms with Crippen molar-refractivity contribution in [1.29, 1.82) is 0 Å². The van der Waals surface area contributed by atoms with Gasteiger partial charge in [0.05, 0.1) is 0 Å². The van der Waals surface area contributed by atoms with Crippen LogP contribution in [0.5, 0.6) is 0 Å². The highest BCUT2D eigenvalue weighted by molar-refractivity contribution is 5.89. The van der Waals surface area contributed by atoms with Gasteiger partial charge in [-0.25, -0.2) is 4.79 Å². The summed E-state index contributed by atoms with van der Waals surface area (Å²) in [5, 5.41) is 2.52. The minimum Gasteiger partial charge on any atom is -0.454 e. The zero-order valence-electron chi connectivity index (χ0n) is 14.2. The summed E-state index contributed by atoms with van der Waals surface area (Å²) in [4.78, 5) is 38.4. The number of carbonyl (C=O) groups excluding carboxylic acids is 3. The lowest BCUT2D eigenvalue weighted by Crippen LogP contribution is -2.37. The first-order valence-electron chi connectivity index (χ1n) is 7.83. The SMILES string of the molecule is CN(Cc1ccc(N(C)C)cc1)C(=O)COC(=O)[C@H]1CCC(=O)N1. The Morgan fingerprint density at radius 3 is 2.42 bits per heavy atom. The van der Waals surface area contributed by atoms with Gasteiger partial charge in [-0.05, 0) is 24.1 Å². The highest BCUT2D eigenvalue weighted by Crippen LogP contribution is 2.13. The molecule has 24 heavy (non-hydrogen) atoms. The van der Waals surface area contributed by atoms with Gasteiger partial charge in [0.15, 0.2) is 6.61 Å². The fraction of sp³-hybridized carbons (Fsp3) is 0.471. The van der Waals surface area contributed by atoms with Gasteiger partial charge in [-0.2, -0.15) is 0 Å². The molecule has 0 unspecified atom stereocenters. The van der Waals surface area contributed by atoms with E-state index in [1.165, 1.54) is 4.90 Å². The van der Waals surface area contributed by atoms with Gasteiger partial charge < -0.3 is 19.9 Å². The van der Waals surface area contributed by atoms with Crippen molar-refractivity contribution in [1.82, 2.24) is 10.2 Å². The number of anilines is 1. The topological polar surface area (TPSA) is 79.0 Å². The quantitative estimate of drug-likeness (QED) is 0.769. The van der Waals surface area contributed by atoms with Crippen LogP contribution in [0.2, 0.25) is 0 Å². The second-order valence-electron chi connectivity index (χ2n) is 6.08. The van der Waals surface area contributed by atoms with Crippen LogP contribution < -0.4 is 10.2 Å². The van der Waals surface area contributed by atoms with Crippen molar-refractivity contribution in [3.63, 3.8) is 0 Å². The number of hydrogen-bond donors (Lipinski definition) is 1. The van der Waals surface area contributed by atoms with Gasteiger partial charge in [-0.3, -0.25) is 9.59 Å². The molecule has 1 fully saturated rings. The monoisotopic (exact) mass is 333 g/mol. The lowest BCUT2D eigenvalue weighted by molar-refractivity contribution is -0.153. The largest absolute Gasteiger partial charge is 0.454 e. The molecule has 7 heteroatoms. The van der Waals surface area contributed by atoms with E-state index in [9.17, 15) is 14.4 Å². The van der Waals surface area contributed by atoms with Crippen molar-refractivity contribution in [3.8, 4) is 0 Å². The number of ether oxygens (including phenoxy) is 1. The minimum atomic E-state index is -0.630. The van der Waals surface area contributed by atoms with Gasteiger partial charge in [0, 0.05) is 39.8 Å². The van der Waals surface area contributed by atoms with Crippen LogP contribution >= 0.6 is 0 Å². The average molecular weight is 333 g/mol. The van der Waals surface area contributed by atoms with E-state index in [4.69, 9.17) is 4.74 Å². The fourth-order valence-electron chi connectivity index (χ4n) is 2.40. The van der Waals surface area contributed by atoms with Crippen molar-refractivity contribution in [3.05, 3.63) is 29.8 Å². The molecule has 1 saturated heterocycles. The number of likely N-dealkylation sites (N-methyl/N-ethyl adjacent to an activating group) is 1. The van der Waals surface area contributed by atoms with Crippen molar-refractivity contribution >= 4 is 23.5 Å². The van der Waals surface area contributed by atoms with E-state index in [0.717, 1.165) is 11.3 Å². The maximum Gasteiger partial charge on any atom is 0.329 e. The molecular formula is C17H23N3O4. The summed E-state index contributed by atoms with van der Waals surface area (Å²) in [6.07, 6.45) is 0.733. The molecule has 0 aromatic heterocycles. The predicted octanol–water partition coefficient (Wildman–Crippen LogP) is 0.533. The molecule has 0 bridgehead atoms. The number of rotatable bonds is 6. The first-order valence-corrected chi connectivity index (χ1v) is 7.83. The Labute approximate surface area is 141 Å². The van der Waals surface area contributed by atoms with E-state index in [-0.39, 0.29) is 18.4 Å². The highest BCUT2D eigenvalue weighted by atomic mass is 16.5. The molecule has 1 atom stereocenters. The smallest absolute Gasteiger partial charge is 0.329 e. The summed E-state index contributed by atoms with van der Waals surface area (Å²) < 4.78 is 4.99. The van der Waals surface area contributed by atoms with E-state index in [1.54, 1.807) is 7.05 Å². The van der Waals surface area contributed by atoms with Gasteiger partial charge in [0.1, 0.15) is 6.04 Å². The number of nitrogens with zero attached hydrogens (tertiary/aromatic N) is 2. The molecule has 0 saturated carbocycles. The number of carbonyl (C=O) groups is 3. The van der Waals surface area contributed by atoms with E-state index in [0.29, 0.717) is 19.4 Å². The van der Waals surface area contributed by atoms with Crippen LogP contribution in [-0.4, -0.2) is 56.5 Å². The predicted molar refractivity (Wildman–Crippen MR) is 89.4 cm³/mol. The first kappa shape index (κ1) is 17.8. The summed E-state index contributed by atoms with van der Waals surface area (Å²) in [6.45, 7) is 0.113. The van der Waals surface area contributed by atoms with E-state index in [1.807, 2.05) is 43.3 Å². The van der Waals surface area contributed by atoms with Crippen molar-refractivity contribution in [2.75, 3.05) is 32.6 Å². The molecule has 0 aliphatic carbocycles. The normalized spacial score (nSPS) is 16.5. The lowest BCUT2D eigenvalue weighted by atomic mass is 10.2. The molecule has 1 aromatic carbocycles. The van der Waals surface area contributed by atoms with Crippen LogP contribution in [0.25, 0.3) is 0 Å². The number of hydrogen-bond acceptors (Lipinski definition) is 5.